The summed E-state index contributed by atoms with van der Waals surface area (Å²) in [7, 11) is 2.91. The van der Waals surface area contributed by atoms with Gasteiger partial charge in [0.25, 0.3) is 0 Å². The number of hydrogen-bond acceptors (Lipinski definition) is 7. The number of furan rings is 1. The molecule has 27 heavy (non-hydrogen) atoms. The zero-order valence-electron chi connectivity index (χ0n) is 15.1. The van der Waals surface area contributed by atoms with E-state index in [4.69, 9.17) is 18.6 Å². The van der Waals surface area contributed by atoms with Crippen LogP contribution >= 0.6 is 15.9 Å². The lowest BCUT2D eigenvalue weighted by Crippen LogP contribution is -2.12. The Morgan fingerprint density at radius 2 is 1.85 bits per heavy atom. The first kappa shape index (κ1) is 20.6. The van der Waals surface area contributed by atoms with Crippen molar-refractivity contribution in [2.45, 2.75) is 19.8 Å². The number of ether oxygens (including phenoxy) is 3. The van der Waals surface area contributed by atoms with Crippen LogP contribution in [-0.2, 0) is 9.59 Å². The molecule has 0 atom stereocenters. The molecule has 0 aliphatic carbocycles. The van der Waals surface area contributed by atoms with Crippen LogP contribution in [0.4, 0.5) is 5.88 Å². The summed E-state index contributed by atoms with van der Waals surface area (Å²) in [6.45, 7) is 1.17. The van der Waals surface area contributed by atoms with Crippen molar-refractivity contribution in [3.63, 3.8) is 0 Å². The van der Waals surface area contributed by atoms with Gasteiger partial charge < -0.3 is 23.7 Å². The largest absolute Gasteiger partial charge is 0.502 e. The second-order valence-electron chi connectivity index (χ2n) is 5.41. The first-order valence-corrected chi connectivity index (χ1v) is 9.16. The summed E-state index contributed by atoms with van der Waals surface area (Å²) in [5.41, 5.74) is 0.314. The minimum Gasteiger partial charge on any atom is -0.502 e. The number of carbonyl (C=O) groups is 2. The van der Waals surface area contributed by atoms with Crippen molar-refractivity contribution in [3.05, 3.63) is 18.2 Å². The molecule has 1 aromatic heterocycles. The van der Waals surface area contributed by atoms with E-state index in [1.807, 2.05) is 0 Å². The Bertz CT molecular complexity index is 809. The SMILES string of the molecule is COc1cccc(OC)c1-c1oc(NC(=O)CCCBr)c(OC(C)=O)c1O. The van der Waals surface area contributed by atoms with E-state index in [1.54, 1.807) is 18.2 Å². The highest BCUT2D eigenvalue weighted by Crippen LogP contribution is 2.51. The number of hydrogen-bond donors (Lipinski definition) is 2. The Morgan fingerprint density at radius 3 is 2.37 bits per heavy atom. The number of nitrogens with one attached hydrogen (secondary N) is 1. The summed E-state index contributed by atoms with van der Waals surface area (Å²) in [4.78, 5) is 23.5. The maximum atomic E-state index is 12.0. The minimum absolute atomic E-state index is 0.0589. The van der Waals surface area contributed by atoms with E-state index in [1.165, 1.54) is 21.1 Å². The number of esters is 1. The standard InChI is InChI=1S/C18H20BrNO7/c1-10(21)26-17-15(23)16(27-18(17)20-13(22)8-5-9-19)14-11(24-2)6-4-7-12(14)25-3/h4,6-7,23H,5,8-9H2,1-3H3,(H,20,22). The van der Waals surface area contributed by atoms with Crippen molar-refractivity contribution < 1.29 is 33.3 Å². The number of rotatable bonds is 8. The van der Waals surface area contributed by atoms with E-state index in [0.717, 1.165) is 0 Å². The summed E-state index contributed by atoms with van der Waals surface area (Å²) < 4.78 is 21.3. The van der Waals surface area contributed by atoms with Gasteiger partial charge in [-0.1, -0.05) is 22.0 Å². The molecule has 0 saturated heterocycles. The lowest BCUT2D eigenvalue weighted by atomic mass is 10.1. The normalized spacial score (nSPS) is 10.4. The van der Waals surface area contributed by atoms with Crippen molar-refractivity contribution >= 4 is 33.7 Å². The zero-order valence-corrected chi connectivity index (χ0v) is 16.7. The topological polar surface area (TPSA) is 107 Å². The number of alkyl halides is 1. The molecule has 0 aliphatic heterocycles. The molecule has 146 valence electrons. The number of methoxy groups -OCH3 is 2. The molecule has 2 N–H and O–H groups in total. The molecule has 2 rings (SSSR count). The van der Waals surface area contributed by atoms with Gasteiger partial charge in [0.15, 0.2) is 5.76 Å². The molecule has 0 bridgehead atoms. The number of halogens is 1. The maximum Gasteiger partial charge on any atom is 0.308 e. The van der Waals surface area contributed by atoms with E-state index in [-0.39, 0.29) is 29.7 Å². The summed E-state index contributed by atoms with van der Waals surface area (Å²) in [5, 5.41) is 13.8. The van der Waals surface area contributed by atoms with E-state index in [2.05, 4.69) is 21.2 Å². The van der Waals surface area contributed by atoms with Crippen LogP contribution in [-0.4, -0.2) is 36.5 Å². The number of amides is 1. The second-order valence-corrected chi connectivity index (χ2v) is 6.20. The van der Waals surface area contributed by atoms with Crippen LogP contribution in [0.25, 0.3) is 11.3 Å². The Labute approximate surface area is 164 Å². The van der Waals surface area contributed by atoms with E-state index in [9.17, 15) is 14.7 Å². The Morgan fingerprint density at radius 1 is 1.22 bits per heavy atom. The van der Waals surface area contributed by atoms with Crippen LogP contribution in [0.1, 0.15) is 19.8 Å². The Kier molecular flexibility index (Phi) is 7.12. The predicted molar refractivity (Wildman–Crippen MR) is 102 cm³/mol. The van der Waals surface area contributed by atoms with Crippen molar-refractivity contribution in [1.82, 2.24) is 0 Å². The first-order chi connectivity index (χ1) is 12.9. The summed E-state index contributed by atoms with van der Waals surface area (Å²) in [5.74, 6) is -1.27. The van der Waals surface area contributed by atoms with E-state index < -0.39 is 11.7 Å². The van der Waals surface area contributed by atoms with Gasteiger partial charge >= 0.3 is 5.97 Å². The molecule has 0 radical (unpaired) electrons. The lowest BCUT2D eigenvalue weighted by molar-refractivity contribution is -0.132. The van der Waals surface area contributed by atoms with E-state index >= 15 is 0 Å². The number of benzene rings is 1. The third-order valence-electron chi connectivity index (χ3n) is 3.53. The summed E-state index contributed by atoms with van der Waals surface area (Å²) >= 11 is 3.25. The molecule has 0 aliphatic rings. The third kappa shape index (κ3) is 4.73. The number of carbonyl (C=O) groups excluding carboxylic acids is 2. The van der Waals surface area contributed by atoms with Crippen LogP contribution < -0.4 is 19.5 Å². The van der Waals surface area contributed by atoms with Gasteiger partial charge in [-0.15, -0.1) is 0 Å². The molecule has 0 spiro atoms. The van der Waals surface area contributed by atoms with Gasteiger partial charge in [0, 0.05) is 18.7 Å². The molecule has 2 aromatic rings. The zero-order chi connectivity index (χ0) is 20.0. The highest BCUT2D eigenvalue weighted by molar-refractivity contribution is 9.09. The molecule has 1 aromatic carbocycles. The van der Waals surface area contributed by atoms with Gasteiger partial charge in [0.2, 0.25) is 23.3 Å². The first-order valence-electron chi connectivity index (χ1n) is 8.04. The Balaban J connectivity index is 2.56. The van der Waals surface area contributed by atoms with Crippen LogP contribution in [0, 0.1) is 0 Å². The fraction of sp³-hybridized carbons (Fsp3) is 0.333. The van der Waals surface area contributed by atoms with Gasteiger partial charge in [-0.3, -0.25) is 14.9 Å². The van der Waals surface area contributed by atoms with Gasteiger partial charge in [0.1, 0.15) is 17.1 Å². The minimum atomic E-state index is -0.680. The van der Waals surface area contributed by atoms with Gasteiger partial charge in [-0.25, -0.2) is 0 Å². The number of aromatic hydroxyl groups is 1. The highest BCUT2D eigenvalue weighted by Gasteiger charge is 2.29. The molecule has 8 nitrogen and oxygen atoms in total. The van der Waals surface area contributed by atoms with Gasteiger partial charge in [-0.2, -0.15) is 0 Å². The van der Waals surface area contributed by atoms with Crippen molar-refractivity contribution in [3.8, 4) is 34.3 Å². The summed E-state index contributed by atoms with van der Waals surface area (Å²) in [6, 6.07) is 5.01. The van der Waals surface area contributed by atoms with Crippen molar-refractivity contribution in [2.24, 2.45) is 0 Å². The smallest absolute Gasteiger partial charge is 0.308 e. The molecule has 1 amide bonds. The van der Waals surface area contributed by atoms with Crippen molar-refractivity contribution in [1.29, 1.82) is 0 Å². The van der Waals surface area contributed by atoms with Crippen LogP contribution in [0.5, 0.6) is 23.0 Å². The monoisotopic (exact) mass is 441 g/mol. The molecule has 1 heterocycles. The Hall–Kier alpha value is -2.68. The van der Waals surface area contributed by atoms with E-state index in [0.29, 0.717) is 28.8 Å². The molecule has 0 unspecified atom stereocenters. The second kappa shape index (κ2) is 9.31. The lowest BCUT2D eigenvalue weighted by Gasteiger charge is -2.11. The fourth-order valence-electron chi connectivity index (χ4n) is 2.39. The van der Waals surface area contributed by atoms with Gasteiger partial charge in [-0.05, 0) is 18.6 Å². The average molecular weight is 442 g/mol. The fourth-order valence-corrected chi connectivity index (χ4v) is 2.67. The molecule has 9 heteroatoms. The predicted octanol–water partition coefficient (Wildman–Crippen LogP) is 3.71. The van der Waals surface area contributed by atoms with Crippen LogP contribution in [0.15, 0.2) is 22.6 Å². The van der Waals surface area contributed by atoms with Gasteiger partial charge in [0.05, 0.1) is 14.2 Å². The highest BCUT2D eigenvalue weighted by atomic mass is 79.9. The van der Waals surface area contributed by atoms with Crippen LogP contribution in [0.3, 0.4) is 0 Å². The third-order valence-corrected chi connectivity index (χ3v) is 4.09. The molecule has 0 saturated carbocycles. The molecular weight excluding hydrogens is 422 g/mol. The molecular formula is C18H20BrNO7. The molecule has 0 fully saturated rings. The van der Waals surface area contributed by atoms with Crippen molar-refractivity contribution in [2.75, 3.05) is 24.9 Å². The summed E-state index contributed by atoms with van der Waals surface area (Å²) in [6.07, 6.45) is 0.828. The van der Waals surface area contributed by atoms with Crippen LogP contribution in [0.2, 0.25) is 0 Å². The quantitative estimate of drug-likeness (QED) is 0.474. The maximum absolute atomic E-state index is 12.0. The average Bonchev–Trinajstić information content (AvgIpc) is 2.94. The number of anilines is 1.